The monoisotopic (exact) mass is 380 g/mol. The summed E-state index contributed by atoms with van der Waals surface area (Å²) in [6, 6.07) is 9.95. The number of rotatable bonds is 4. The van der Waals surface area contributed by atoms with E-state index in [4.69, 9.17) is 4.99 Å². The van der Waals surface area contributed by atoms with Crippen LogP contribution in [-0.2, 0) is 6.42 Å². The molecule has 0 amide bonds. The second-order valence-electron chi connectivity index (χ2n) is 8.30. The highest BCUT2D eigenvalue weighted by atomic mass is 19.1. The molecule has 0 spiro atoms. The minimum atomic E-state index is -0.0878. The molecule has 3 heteroatoms. The number of hydrogen-bond donors (Lipinski definition) is 0. The molecular weight excluding hydrogens is 347 g/mol. The molecule has 0 bridgehead atoms. The largest absolute Gasteiger partial charge is 0.288 e. The van der Waals surface area contributed by atoms with Crippen molar-refractivity contribution in [3.05, 3.63) is 58.9 Å². The molecule has 2 aromatic carbocycles. The molecule has 3 unspecified atom stereocenters. The average Bonchev–Trinajstić information content (AvgIpc) is 2.68. The van der Waals surface area contributed by atoms with E-state index in [0.717, 1.165) is 29.2 Å². The van der Waals surface area contributed by atoms with Crippen molar-refractivity contribution in [1.29, 1.82) is 0 Å². The van der Waals surface area contributed by atoms with Gasteiger partial charge in [0.25, 0.3) is 0 Å². The van der Waals surface area contributed by atoms with E-state index in [0.29, 0.717) is 18.3 Å². The van der Waals surface area contributed by atoms with Crippen molar-refractivity contribution in [2.75, 3.05) is 14.1 Å². The lowest BCUT2D eigenvalue weighted by Gasteiger charge is -2.34. The number of benzene rings is 2. The molecule has 0 aromatic heterocycles. The SMILES string of the molecule is C/C=C1/CC(C)C(c2cccc3ccc(F)c(CC)c23)C/C1=N/C(C)N(C)C. The molecule has 150 valence electrons. The van der Waals surface area contributed by atoms with Gasteiger partial charge in [0, 0.05) is 5.71 Å². The second-order valence-corrected chi connectivity index (χ2v) is 8.30. The molecule has 1 fully saturated rings. The van der Waals surface area contributed by atoms with Crippen molar-refractivity contribution in [2.45, 2.75) is 59.0 Å². The maximum atomic E-state index is 14.6. The first kappa shape index (κ1) is 20.7. The van der Waals surface area contributed by atoms with Gasteiger partial charge in [0.2, 0.25) is 0 Å². The van der Waals surface area contributed by atoms with Gasteiger partial charge in [-0.2, -0.15) is 0 Å². The van der Waals surface area contributed by atoms with Crippen LogP contribution < -0.4 is 0 Å². The first-order valence-corrected chi connectivity index (χ1v) is 10.5. The van der Waals surface area contributed by atoms with Gasteiger partial charge in [-0.15, -0.1) is 0 Å². The van der Waals surface area contributed by atoms with Crippen LogP contribution in [0.5, 0.6) is 0 Å². The Balaban J connectivity index is 2.12. The summed E-state index contributed by atoms with van der Waals surface area (Å²) in [5.41, 5.74) is 4.69. The Morgan fingerprint density at radius 3 is 2.61 bits per heavy atom. The molecular formula is C25H33FN2. The third-order valence-electron chi connectivity index (χ3n) is 6.33. The van der Waals surface area contributed by atoms with Gasteiger partial charge in [0.1, 0.15) is 5.82 Å². The summed E-state index contributed by atoms with van der Waals surface area (Å²) in [4.78, 5) is 7.17. The van der Waals surface area contributed by atoms with Crippen molar-refractivity contribution >= 4 is 16.5 Å². The topological polar surface area (TPSA) is 15.6 Å². The van der Waals surface area contributed by atoms with E-state index in [1.54, 1.807) is 6.07 Å². The standard InChI is InChI=1S/C25H33FN2/c1-7-18-14-16(3)22(15-24(18)27-17(4)28(5)6)21-11-9-10-19-12-13-23(26)20(8-2)25(19)21/h7,9-13,16-17,22H,8,14-15H2,1-6H3/b18-7-,27-24-. The lowest BCUT2D eigenvalue weighted by molar-refractivity contribution is 0.322. The number of aryl methyl sites for hydroxylation is 1. The Morgan fingerprint density at radius 2 is 1.96 bits per heavy atom. The highest BCUT2D eigenvalue weighted by Crippen LogP contribution is 2.42. The first-order valence-electron chi connectivity index (χ1n) is 10.5. The molecule has 2 aromatic rings. The fourth-order valence-corrected chi connectivity index (χ4v) is 4.44. The van der Waals surface area contributed by atoms with Crippen LogP contribution in [0.2, 0.25) is 0 Å². The van der Waals surface area contributed by atoms with Gasteiger partial charge in [-0.3, -0.25) is 9.89 Å². The molecule has 3 rings (SSSR count). The van der Waals surface area contributed by atoms with Crippen LogP contribution in [-0.4, -0.2) is 30.9 Å². The zero-order chi connectivity index (χ0) is 20.4. The summed E-state index contributed by atoms with van der Waals surface area (Å²) in [5.74, 6) is 0.765. The quantitative estimate of drug-likeness (QED) is 0.603. The van der Waals surface area contributed by atoms with Crippen molar-refractivity contribution < 1.29 is 4.39 Å². The van der Waals surface area contributed by atoms with Crippen LogP contribution in [0.15, 0.2) is 47.0 Å². The molecule has 3 atom stereocenters. The fourth-order valence-electron chi connectivity index (χ4n) is 4.44. The maximum absolute atomic E-state index is 14.6. The number of halogens is 1. The summed E-state index contributed by atoms with van der Waals surface area (Å²) < 4.78 is 14.6. The third-order valence-corrected chi connectivity index (χ3v) is 6.33. The van der Waals surface area contributed by atoms with Gasteiger partial charge in [0.15, 0.2) is 0 Å². The normalized spacial score (nSPS) is 24.4. The highest BCUT2D eigenvalue weighted by molar-refractivity contribution is 6.02. The smallest absolute Gasteiger partial charge is 0.127 e. The Labute approximate surface area is 169 Å². The molecule has 1 saturated carbocycles. The van der Waals surface area contributed by atoms with Crippen molar-refractivity contribution in [3.8, 4) is 0 Å². The summed E-state index contributed by atoms with van der Waals surface area (Å²) in [6.07, 6.45) is 5.01. The molecule has 1 aliphatic rings. The molecule has 28 heavy (non-hydrogen) atoms. The van der Waals surface area contributed by atoms with Gasteiger partial charge < -0.3 is 0 Å². The first-order chi connectivity index (χ1) is 13.4. The summed E-state index contributed by atoms with van der Waals surface area (Å²) >= 11 is 0. The summed E-state index contributed by atoms with van der Waals surface area (Å²) in [7, 11) is 4.13. The fraction of sp³-hybridized carbons (Fsp3) is 0.480. The van der Waals surface area contributed by atoms with E-state index in [2.05, 4.69) is 64.0 Å². The van der Waals surface area contributed by atoms with Crippen LogP contribution in [0.3, 0.4) is 0 Å². The Kier molecular flexibility index (Phi) is 6.34. The van der Waals surface area contributed by atoms with E-state index in [1.165, 1.54) is 16.8 Å². The number of fused-ring (bicyclic) bond motifs is 1. The van der Waals surface area contributed by atoms with Gasteiger partial charge in [-0.1, -0.05) is 44.2 Å². The number of hydrogen-bond acceptors (Lipinski definition) is 2. The number of allylic oxidation sites excluding steroid dienone is 2. The molecule has 0 heterocycles. The zero-order valence-electron chi connectivity index (χ0n) is 18.1. The van der Waals surface area contributed by atoms with Crippen LogP contribution in [0.1, 0.15) is 57.6 Å². The Morgan fingerprint density at radius 1 is 1.21 bits per heavy atom. The molecule has 0 radical (unpaired) electrons. The lowest BCUT2D eigenvalue weighted by atomic mass is 9.72. The summed E-state index contributed by atoms with van der Waals surface area (Å²) in [5, 5.41) is 2.26. The van der Waals surface area contributed by atoms with E-state index >= 15 is 0 Å². The zero-order valence-corrected chi connectivity index (χ0v) is 18.1. The minimum Gasteiger partial charge on any atom is -0.288 e. The third kappa shape index (κ3) is 3.91. The molecule has 0 aliphatic heterocycles. The predicted octanol–water partition coefficient (Wildman–Crippen LogP) is 6.35. The van der Waals surface area contributed by atoms with Crippen molar-refractivity contribution in [2.24, 2.45) is 10.9 Å². The average molecular weight is 381 g/mol. The maximum Gasteiger partial charge on any atom is 0.127 e. The van der Waals surface area contributed by atoms with Gasteiger partial charge in [0.05, 0.1) is 6.17 Å². The predicted molar refractivity (Wildman–Crippen MR) is 119 cm³/mol. The number of aliphatic imine (C=N–C) groups is 1. The van der Waals surface area contributed by atoms with Crippen molar-refractivity contribution in [1.82, 2.24) is 4.90 Å². The lowest BCUT2D eigenvalue weighted by Crippen LogP contribution is -2.29. The van der Waals surface area contributed by atoms with Crippen molar-refractivity contribution in [3.63, 3.8) is 0 Å². The van der Waals surface area contributed by atoms with Crippen LogP contribution >= 0.6 is 0 Å². The highest BCUT2D eigenvalue weighted by Gasteiger charge is 2.31. The van der Waals surface area contributed by atoms with Gasteiger partial charge in [-0.25, -0.2) is 4.39 Å². The van der Waals surface area contributed by atoms with E-state index in [-0.39, 0.29) is 12.0 Å². The number of nitrogens with zero attached hydrogens (tertiary/aromatic N) is 2. The van der Waals surface area contributed by atoms with Crippen LogP contribution in [0.4, 0.5) is 4.39 Å². The molecule has 2 nitrogen and oxygen atoms in total. The Hall–Kier alpha value is -2.00. The van der Waals surface area contributed by atoms with Crippen LogP contribution in [0.25, 0.3) is 10.8 Å². The second kappa shape index (κ2) is 8.57. The van der Waals surface area contributed by atoms with Crippen LogP contribution in [0, 0.1) is 11.7 Å². The molecule has 1 aliphatic carbocycles. The Bertz CT molecular complexity index is 910. The van der Waals surface area contributed by atoms with E-state index in [1.807, 2.05) is 13.0 Å². The minimum absolute atomic E-state index is 0.0878. The summed E-state index contributed by atoms with van der Waals surface area (Å²) in [6.45, 7) is 8.61. The van der Waals surface area contributed by atoms with E-state index < -0.39 is 0 Å². The molecule has 0 saturated heterocycles. The van der Waals surface area contributed by atoms with Gasteiger partial charge >= 0.3 is 0 Å². The van der Waals surface area contributed by atoms with Gasteiger partial charge in [-0.05, 0) is 92.6 Å². The van der Waals surface area contributed by atoms with E-state index in [9.17, 15) is 4.39 Å². The molecule has 0 N–H and O–H groups in total.